The Morgan fingerprint density at radius 2 is 2.00 bits per heavy atom. The average molecular weight is 276 g/mol. The number of aryl methyl sites for hydroxylation is 1. The first-order chi connectivity index (χ1) is 9.67. The first-order valence-electron chi connectivity index (χ1n) is 6.99. The lowest BCUT2D eigenvalue weighted by Gasteiger charge is -2.26. The summed E-state index contributed by atoms with van der Waals surface area (Å²) in [6.07, 6.45) is 5.19. The van der Waals surface area contributed by atoms with Gasteiger partial charge in [0.1, 0.15) is 5.52 Å². The van der Waals surface area contributed by atoms with Crippen LogP contribution in [-0.4, -0.2) is 43.8 Å². The highest BCUT2D eigenvalue weighted by Crippen LogP contribution is 2.22. The summed E-state index contributed by atoms with van der Waals surface area (Å²) >= 11 is 0. The third kappa shape index (κ3) is 2.40. The van der Waals surface area contributed by atoms with Gasteiger partial charge in [0.05, 0.1) is 12.3 Å². The molecular formula is C13H20N6O. The minimum atomic E-state index is -0.147. The highest BCUT2D eigenvalue weighted by Gasteiger charge is 2.20. The van der Waals surface area contributed by atoms with E-state index in [2.05, 4.69) is 25.6 Å². The van der Waals surface area contributed by atoms with Crippen molar-refractivity contribution in [3.63, 3.8) is 0 Å². The van der Waals surface area contributed by atoms with Crippen LogP contribution in [0.3, 0.4) is 0 Å². The second-order valence-electron chi connectivity index (χ2n) is 5.30. The number of aromatic nitrogens is 4. The van der Waals surface area contributed by atoms with Gasteiger partial charge in [-0.3, -0.25) is 4.57 Å². The summed E-state index contributed by atoms with van der Waals surface area (Å²) in [4.78, 5) is 13.2. The van der Waals surface area contributed by atoms with E-state index in [1.807, 2.05) is 18.7 Å². The Balaban J connectivity index is 1.80. The molecule has 3 rings (SSSR count). The van der Waals surface area contributed by atoms with Gasteiger partial charge in [0.2, 0.25) is 11.9 Å². The molecule has 2 heterocycles. The van der Waals surface area contributed by atoms with E-state index in [9.17, 15) is 5.11 Å². The average Bonchev–Trinajstić information content (AvgIpc) is 2.78. The SMILES string of the molecule is CNc1nc2cnc(NC3CCC(O)CC3)nc2n1C. The Morgan fingerprint density at radius 1 is 1.25 bits per heavy atom. The number of fused-ring (bicyclic) bond motifs is 1. The zero-order valence-electron chi connectivity index (χ0n) is 11.8. The van der Waals surface area contributed by atoms with Gasteiger partial charge < -0.3 is 15.7 Å². The van der Waals surface area contributed by atoms with Crippen LogP contribution in [0.25, 0.3) is 11.2 Å². The van der Waals surface area contributed by atoms with Crippen LogP contribution in [0.5, 0.6) is 0 Å². The molecule has 2 aromatic heterocycles. The number of imidazole rings is 1. The van der Waals surface area contributed by atoms with Crippen LogP contribution < -0.4 is 10.6 Å². The summed E-state index contributed by atoms with van der Waals surface area (Å²) in [5.74, 6) is 1.40. The van der Waals surface area contributed by atoms with E-state index in [0.717, 1.165) is 42.8 Å². The van der Waals surface area contributed by atoms with Crippen molar-refractivity contribution in [2.45, 2.75) is 37.8 Å². The van der Waals surface area contributed by atoms with Crippen molar-refractivity contribution in [3.05, 3.63) is 6.20 Å². The standard InChI is InChI=1S/C13H20N6O/c1-14-13-17-10-7-15-12(18-11(10)19(13)2)16-8-3-5-9(20)6-4-8/h7-9,20H,3-6H2,1-2H3,(H,14,17)(H,15,16,18). The second kappa shape index (κ2) is 5.24. The van der Waals surface area contributed by atoms with E-state index in [0.29, 0.717) is 12.0 Å². The summed E-state index contributed by atoms with van der Waals surface area (Å²) < 4.78 is 1.91. The fraction of sp³-hybridized carbons (Fsp3) is 0.615. The maximum Gasteiger partial charge on any atom is 0.224 e. The Bertz CT molecular complexity index is 602. The molecule has 1 saturated carbocycles. The van der Waals surface area contributed by atoms with Crippen LogP contribution in [0.15, 0.2) is 6.20 Å². The lowest BCUT2D eigenvalue weighted by Crippen LogP contribution is -2.28. The van der Waals surface area contributed by atoms with Crippen molar-refractivity contribution in [3.8, 4) is 0 Å². The lowest BCUT2D eigenvalue weighted by molar-refractivity contribution is 0.126. The normalized spacial score (nSPS) is 22.9. The molecule has 1 aliphatic carbocycles. The predicted molar refractivity (Wildman–Crippen MR) is 77.7 cm³/mol. The first-order valence-corrected chi connectivity index (χ1v) is 6.99. The Morgan fingerprint density at radius 3 is 2.70 bits per heavy atom. The number of aliphatic hydroxyl groups excluding tert-OH is 1. The Kier molecular flexibility index (Phi) is 3.43. The minimum Gasteiger partial charge on any atom is -0.393 e. The van der Waals surface area contributed by atoms with Gasteiger partial charge in [0.15, 0.2) is 5.65 Å². The second-order valence-corrected chi connectivity index (χ2v) is 5.30. The van der Waals surface area contributed by atoms with Crippen LogP contribution in [-0.2, 0) is 7.05 Å². The van der Waals surface area contributed by atoms with Crippen LogP contribution >= 0.6 is 0 Å². The molecule has 7 heteroatoms. The fourth-order valence-corrected chi connectivity index (χ4v) is 2.68. The van der Waals surface area contributed by atoms with Gasteiger partial charge in [-0.05, 0) is 25.7 Å². The molecule has 2 aromatic rings. The number of hydrogen-bond acceptors (Lipinski definition) is 6. The van der Waals surface area contributed by atoms with E-state index in [4.69, 9.17) is 0 Å². The molecule has 0 radical (unpaired) electrons. The number of nitrogens with zero attached hydrogens (tertiary/aromatic N) is 4. The number of aliphatic hydroxyl groups is 1. The molecule has 0 aromatic carbocycles. The number of rotatable bonds is 3. The van der Waals surface area contributed by atoms with Crippen molar-refractivity contribution in [2.75, 3.05) is 17.7 Å². The topological polar surface area (TPSA) is 87.9 Å². The smallest absolute Gasteiger partial charge is 0.224 e. The molecule has 0 spiro atoms. The first kappa shape index (κ1) is 13.1. The summed E-state index contributed by atoms with van der Waals surface area (Å²) in [5.41, 5.74) is 1.59. The number of anilines is 2. The molecule has 0 saturated heterocycles. The van der Waals surface area contributed by atoms with Gasteiger partial charge in [-0.1, -0.05) is 0 Å². The molecular weight excluding hydrogens is 256 g/mol. The zero-order valence-corrected chi connectivity index (χ0v) is 11.8. The largest absolute Gasteiger partial charge is 0.393 e. The maximum absolute atomic E-state index is 9.52. The van der Waals surface area contributed by atoms with E-state index in [-0.39, 0.29) is 6.10 Å². The molecule has 0 bridgehead atoms. The van der Waals surface area contributed by atoms with Crippen molar-refractivity contribution in [1.29, 1.82) is 0 Å². The third-order valence-corrected chi connectivity index (χ3v) is 3.87. The molecule has 1 aliphatic rings. The molecule has 0 amide bonds. The van der Waals surface area contributed by atoms with Crippen molar-refractivity contribution >= 4 is 23.1 Å². The molecule has 108 valence electrons. The highest BCUT2D eigenvalue weighted by atomic mass is 16.3. The van der Waals surface area contributed by atoms with Crippen LogP contribution in [0.2, 0.25) is 0 Å². The molecule has 0 atom stereocenters. The quantitative estimate of drug-likeness (QED) is 0.778. The zero-order chi connectivity index (χ0) is 14.1. The molecule has 3 N–H and O–H groups in total. The van der Waals surface area contributed by atoms with Crippen LogP contribution in [0.1, 0.15) is 25.7 Å². The van der Waals surface area contributed by atoms with Crippen molar-refractivity contribution in [1.82, 2.24) is 19.5 Å². The van der Waals surface area contributed by atoms with Gasteiger partial charge in [-0.2, -0.15) is 4.98 Å². The summed E-state index contributed by atoms with van der Waals surface area (Å²) in [6, 6.07) is 0.341. The van der Waals surface area contributed by atoms with Gasteiger partial charge >= 0.3 is 0 Å². The van der Waals surface area contributed by atoms with E-state index in [1.54, 1.807) is 6.20 Å². The molecule has 0 unspecified atom stereocenters. The van der Waals surface area contributed by atoms with Crippen molar-refractivity contribution in [2.24, 2.45) is 7.05 Å². The lowest BCUT2D eigenvalue weighted by atomic mass is 9.93. The van der Waals surface area contributed by atoms with E-state index in [1.165, 1.54) is 0 Å². The predicted octanol–water partition coefficient (Wildman–Crippen LogP) is 1.12. The minimum absolute atomic E-state index is 0.147. The maximum atomic E-state index is 9.52. The summed E-state index contributed by atoms with van der Waals surface area (Å²) in [7, 11) is 3.76. The van der Waals surface area contributed by atoms with Gasteiger partial charge in [-0.25, -0.2) is 9.97 Å². The monoisotopic (exact) mass is 276 g/mol. The van der Waals surface area contributed by atoms with E-state index >= 15 is 0 Å². The van der Waals surface area contributed by atoms with Crippen LogP contribution in [0.4, 0.5) is 11.9 Å². The molecule has 1 fully saturated rings. The number of hydrogen-bond donors (Lipinski definition) is 3. The summed E-state index contributed by atoms with van der Waals surface area (Å²) in [6.45, 7) is 0. The van der Waals surface area contributed by atoms with Gasteiger partial charge in [0, 0.05) is 20.1 Å². The fourth-order valence-electron chi connectivity index (χ4n) is 2.68. The molecule has 20 heavy (non-hydrogen) atoms. The van der Waals surface area contributed by atoms with E-state index < -0.39 is 0 Å². The Labute approximate surface area is 117 Å². The van der Waals surface area contributed by atoms with Crippen molar-refractivity contribution < 1.29 is 5.11 Å². The third-order valence-electron chi connectivity index (χ3n) is 3.87. The summed E-state index contributed by atoms with van der Waals surface area (Å²) in [5, 5.41) is 15.9. The molecule has 0 aliphatic heterocycles. The highest BCUT2D eigenvalue weighted by molar-refractivity contribution is 5.74. The van der Waals surface area contributed by atoms with Crippen LogP contribution in [0, 0.1) is 0 Å². The number of nitrogens with one attached hydrogen (secondary N) is 2. The van der Waals surface area contributed by atoms with Gasteiger partial charge in [-0.15, -0.1) is 0 Å². The van der Waals surface area contributed by atoms with Gasteiger partial charge in [0.25, 0.3) is 0 Å². The molecule has 7 nitrogen and oxygen atoms in total. The Hall–Kier alpha value is -1.89.